The van der Waals surface area contributed by atoms with Crippen molar-refractivity contribution in [1.29, 1.82) is 0 Å². The van der Waals surface area contributed by atoms with Crippen LogP contribution in [0.2, 0.25) is 0 Å². The molecule has 0 amide bonds. The van der Waals surface area contributed by atoms with Gasteiger partial charge in [-0.1, -0.05) is 19.9 Å². The molecule has 90 valence electrons. The molecule has 0 fully saturated rings. The van der Waals surface area contributed by atoms with E-state index < -0.39 is 0 Å². The Bertz CT molecular complexity index is 319. The highest BCUT2D eigenvalue weighted by molar-refractivity contribution is 7.09. The van der Waals surface area contributed by atoms with Gasteiger partial charge < -0.3 is 0 Å². The van der Waals surface area contributed by atoms with E-state index in [9.17, 15) is 4.79 Å². The van der Waals surface area contributed by atoms with Crippen LogP contribution in [0.25, 0.3) is 0 Å². The molecule has 0 saturated carbocycles. The maximum Gasteiger partial charge on any atom is 0.149 e. The molecule has 1 rings (SSSR count). The first-order valence-corrected chi connectivity index (χ1v) is 6.64. The van der Waals surface area contributed by atoms with E-state index in [0.717, 1.165) is 6.42 Å². The minimum absolute atomic E-state index is 0.136. The molecule has 0 radical (unpaired) electrons. The van der Waals surface area contributed by atoms with Gasteiger partial charge in [0.1, 0.15) is 5.78 Å². The van der Waals surface area contributed by atoms with Crippen LogP contribution >= 0.6 is 11.3 Å². The Balaban J connectivity index is 2.42. The number of carbonyl (C=O) groups excluding carboxylic acids is 1. The first-order valence-electron chi connectivity index (χ1n) is 5.76. The lowest BCUT2D eigenvalue weighted by Gasteiger charge is -2.24. The van der Waals surface area contributed by atoms with Crippen LogP contribution < -0.4 is 0 Å². The number of likely N-dealkylation sites (N-methyl/N-ethyl adjacent to an activating group) is 1. The predicted molar refractivity (Wildman–Crippen MR) is 70.0 cm³/mol. The molecule has 0 saturated heterocycles. The minimum atomic E-state index is 0.136. The Morgan fingerprint density at radius 1 is 1.44 bits per heavy atom. The molecule has 3 heteroatoms. The van der Waals surface area contributed by atoms with E-state index in [1.165, 1.54) is 4.88 Å². The third-order valence-electron chi connectivity index (χ3n) is 2.88. The molecular formula is C13H21NOS. The van der Waals surface area contributed by atoms with E-state index in [-0.39, 0.29) is 5.92 Å². The van der Waals surface area contributed by atoms with Crippen LogP contribution in [0.15, 0.2) is 17.5 Å². The summed E-state index contributed by atoms with van der Waals surface area (Å²) in [5.74, 6) is 0.455. The highest BCUT2D eigenvalue weighted by Crippen LogP contribution is 2.13. The number of nitrogens with zero attached hydrogens (tertiary/aromatic N) is 1. The van der Waals surface area contributed by atoms with E-state index >= 15 is 0 Å². The van der Waals surface area contributed by atoms with Gasteiger partial charge in [-0.25, -0.2) is 0 Å². The van der Waals surface area contributed by atoms with Crippen molar-refractivity contribution in [1.82, 2.24) is 4.90 Å². The molecule has 1 unspecified atom stereocenters. The summed E-state index contributed by atoms with van der Waals surface area (Å²) in [6, 6.07) is 4.65. The third kappa shape index (κ3) is 4.06. The number of hydrogen-bond acceptors (Lipinski definition) is 3. The van der Waals surface area contributed by atoms with E-state index in [1.807, 2.05) is 20.9 Å². The van der Waals surface area contributed by atoms with Gasteiger partial charge in [0, 0.05) is 16.8 Å². The molecule has 1 heterocycles. The highest BCUT2D eigenvalue weighted by atomic mass is 32.1. The predicted octanol–water partition coefficient (Wildman–Crippen LogP) is 2.84. The summed E-state index contributed by atoms with van der Waals surface area (Å²) in [4.78, 5) is 15.1. The first kappa shape index (κ1) is 13.4. The van der Waals surface area contributed by atoms with Crippen LogP contribution in [-0.2, 0) is 11.2 Å². The summed E-state index contributed by atoms with van der Waals surface area (Å²) in [5.41, 5.74) is 0. The Morgan fingerprint density at radius 3 is 2.62 bits per heavy atom. The molecule has 16 heavy (non-hydrogen) atoms. The average molecular weight is 239 g/mol. The molecule has 0 spiro atoms. The standard InChI is InChI=1S/C13H21NOS/c1-10(2)13(15)9-14(4)11(3)8-12-6-5-7-16-12/h5-7,10-11H,8-9H2,1-4H3. The van der Waals surface area contributed by atoms with Crippen molar-refractivity contribution in [2.24, 2.45) is 5.92 Å². The van der Waals surface area contributed by atoms with Crippen LogP contribution in [0, 0.1) is 5.92 Å². The van der Waals surface area contributed by atoms with Crippen molar-refractivity contribution in [3.05, 3.63) is 22.4 Å². The van der Waals surface area contributed by atoms with Gasteiger partial charge in [-0.2, -0.15) is 0 Å². The fraction of sp³-hybridized carbons (Fsp3) is 0.615. The third-order valence-corrected chi connectivity index (χ3v) is 3.78. The quantitative estimate of drug-likeness (QED) is 0.761. The highest BCUT2D eigenvalue weighted by Gasteiger charge is 2.15. The zero-order valence-corrected chi connectivity index (χ0v) is 11.4. The number of rotatable bonds is 6. The van der Waals surface area contributed by atoms with Gasteiger partial charge in [0.05, 0.1) is 6.54 Å². The van der Waals surface area contributed by atoms with Crippen molar-refractivity contribution < 1.29 is 4.79 Å². The minimum Gasteiger partial charge on any atom is -0.298 e. The van der Waals surface area contributed by atoms with Crippen LogP contribution in [0.1, 0.15) is 25.6 Å². The molecule has 0 aromatic carbocycles. The number of thiophene rings is 1. The van der Waals surface area contributed by atoms with E-state index in [0.29, 0.717) is 18.4 Å². The summed E-state index contributed by atoms with van der Waals surface area (Å²) in [5, 5.41) is 2.10. The fourth-order valence-electron chi connectivity index (χ4n) is 1.46. The van der Waals surface area contributed by atoms with Crippen molar-refractivity contribution in [2.45, 2.75) is 33.2 Å². The average Bonchev–Trinajstić information content (AvgIpc) is 2.69. The van der Waals surface area contributed by atoms with Crippen LogP contribution in [0.3, 0.4) is 0 Å². The Kier molecular flexibility index (Phi) is 5.16. The second-order valence-electron chi connectivity index (χ2n) is 4.67. The smallest absolute Gasteiger partial charge is 0.149 e. The van der Waals surface area contributed by atoms with Crippen LogP contribution in [0.4, 0.5) is 0 Å². The maximum absolute atomic E-state index is 11.6. The number of carbonyl (C=O) groups is 1. The molecule has 0 aliphatic rings. The van der Waals surface area contributed by atoms with Gasteiger partial charge in [0.25, 0.3) is 0 Å². The molecule has 0 bridgehead atoms. The molecule has 0 N–H and O–H groups in total. The molecular weight excluding hydrogens is 218 g/mol. The second kappa shape index (κ2) is 6.16. The van der Waals surface area contributed by atoms with Gasteiger partial charge in [0.15, 0.2) is 0 Å². The maximum atomic E-state index is 11.6. The molecule has 1 atom stereocenters. The lowest BCUT2D eigenvalue weighted by molar-refractivity contribution is -0.123. The molecule has 0 aliphatic heterocycles. The van der Waals surface area contributed by atoms with Crippen molar-refractivity contribution in [3.63, 3.8) is 0 Å². The molecule has 1 aromatic heterocycles. The SMILES string of the molecule is CC(C)C(=O)CN(C)C(C)Cc1cccs1. The van der Waals surface area contributed by atoms with Gasteiger partial charge in [-0.15, -0.1) is 11.3 Å². The van der Waals surface area contributed by atoms with Gasteiger partial charge >= 0.3 is 0 Å². The van der Waals surface area contributed by atoms with E-state index in [1.54, 1.807) is 11.3 Å². The lowest BCUT2D eigenvalue weighted by atomic mass is 10.1. The zero-order valence-electron chi connectivity index (χ0n) is 10.6. The van der Waals surface area contributed by atoms with Crippen molar-refractivity contribution >= 4 is 17.1 Å². The van der Waals surface area contributed by atoms with Gasteiger partial charge in [0.2, 0.25) is 0 Å². The summed E-state index contributed by atoms with van der Waals surface area (Å²) in [7, 11) is 2.03. The Hall–Kier alpha value is -0.670. The summed E-state index contributed by atoms with van der Waals surface area (Å²) >= 11 is 1.78. The lowest BCUT2D eigenvalue weighted by Crippen LogP contribution is -2.36. The summed E-state index contributed by atoms with van der Waals surface area (Å²) in [6.45, 7) is 6.65. The monoisotopic (exact) mass is 239 g/mol. The van der Waals surface area contributed by atoms with Crippen molar-refractivity contribution in [2.75, 3.05) is 13.6 Å². The van der Waals surface area contributed by atoms with E-state index in [2.05, 4.69) is 29.3 Å². The number of Topliss-reactive ketones (excluding diaryl/α,β-unsaturated/α-hetero) is 1. The van der Waals surface area contributed by atoms with Crippen molar-refractivity contribution in [3.8, 4) is 0 Å². The molecule has 2 nitrogen and oxygen atoms in total. The summed E-state index contributed by atoms with van der Waals surface area (Å²) in [6.07, 6.45) is 1.03. The number of hydrogen-bond donors (Lipinski definition) is 0. The van der Waals surface area contributed by atoms with E-state index in [4.69, 9.17) is 0 Å². The van der Waals surface area contributed by atoms with Gasteiger partial charge in [-0.3, -0.25) is 9.69 Å². The zero-order chi connectivity index (χ0) is 12.1. The molecule has 1 aromatic rings. The second-order valence-corrected chi connectivity index (χ2v) is 5.70. The normalized spacial score (nSPS) is 13.4. The number of ketones is 1. The fourth-order valence-corrected chi connectivity index (χ4v) is 2.29. The Morgan fingerprint density at radius 2 is 2.12 bits per heavy atom. The van der Waals surface area contributed by atoms with Crippen LogP contribution in [-0.4, -0.2) is 30.3 Å². The summed E-state index contributed by atoms with van der Waals surface area (Å²) < 4.78 is 0. The van der Waals surface area contributed by atoms with Crippen LogP contribution in [0.5, 0.6) is 0 Å². The topological polar surface area (TPSA) is 20.3 Å². The van der Waals surface area contributed by atoms with Gasteiger partial charge in [-0.05, 0) is 31.8 Å². The largest absolute Gasteiger partial charge is 0.298 e. The molecule has 0 aliphatic carbocycles. The first-order chi connectivity index (χ1) is 7.50. The Labute approximate surface area is 102 Å².